The van der Waals surface area contributed by atoms with Gasteiger partial charge in [-0.3, -0.25) is 0 Å². The van der Waals surface area contributed by atoms with E-state index >= 15 is 0 Å². The van der Waals surface area contributed by atoms with Gasteiger partial charge in [-0.05, 0) is 19.1 Å². The number of nitrogens with zero attached hydrogens (tertiary/aromatic N) is 2. The van der Waals surface area contributed by atoms with Gasteiger partial charge >= 0.3 is 5.97 Å². The lowest BCUT2D eigenvalue weighted by atomic mass is 10.2. The molecule has 19 heavy (non-hydrogen) atoms. The zero-order valence-corrected chi connectivity index (χ0v) is 10.5. The molecule has 0 amide bonds. The second-order valence-electron chi connectivity index (χ2n) is 3.33. The summed E-state index contributed by atoms with van der Waals surface area (Å²) in [6.45, 7) is 1.83. The zero-order chi connectivity index (χ0) is 14.1. The maximum Gasteiger partial charge on any atom is 0.352 e. The lowest BCUT2D eigenvalue weighted by Gasteiger charge is -2.08. The monoisotopic (exact) mass is 258 g/mol. The van der Waals surface area contributed by atoms with Gasteiger partial charge in [-0.1, -0.05) is 18.2 Å². The van der Waals surface area contributed by atoms with E-state index in [2.05, 4.69) is 10.3 Å². The lowest BCUT2D eigenvalue weighted by Crippen LogP contribution is -2.13. The average Bonchev–Trinajstić information content (AvgIpc) is 2.41. The Morgan fingerprint density at radius 2 is 2.21 bits per heavy atom. The summed E-state index contributed by atoms with van der Waals surface area (Å²) < 4.78 is 4.79. The number of nitrogens with one attached hydrogen (secondary N) is 1. The van der Waals surface area contributed by atoms with Crippen LogP contribution in [0.5, 0.6) is 0 Å². The molecule has 1 rings (SSSR count). The van der Waals surface area contributed by atoms with Crippen molar-refractivity contribution in [1.29, 1.82) is 5.26 Å². The van der Waals surface area contributed by atoms with E-state index in [0.29, 0.717) is 5.69 Å². The van der Waals surface area contributed by atoms with E-state index in [1.165, 1.54) is 0 Å². The van der Waals surface area contributed by atoms with Crippen LogP contribution in [-0.4, -0.2) is 18.9 Å². The maximum atomic E-state index is 11.6. The zero-order valence-electron chi connectivity index (χ0n) is 10.5. The molecule has 0 spiro atoms. The number of carbonyl (C=O) groups excluding carboxylic acids is 1. The first-order chi connectivity index (χ1) is 9.22. The van der Waals surface area contributed by atoms with Gasteiger partial charge in [0.1, 0.15) is 6.07 Å². The van der Waals surface area contributed by atoms with Crippen molar-refractivity contribution in [3.05, 3.63) is 41.7 Å². The number of benzene rings is 1. The number of anilines is 1. The summed E-state index contributed by atoms with van der Waals surface area (Å²) in [4.78, 5) is 15.4. The molecule has 6 heteroatoms. The first kappa shape index (κ1) is 14.3. The van der Waals surface area contributed by atoms with E-state index in [1.807, 2.05) is 18.2 Å². The molecule has 1 aromatic carbocycles. The van der Waals surface area contributed by atoms with Crippen LogP contribution in [0.3, 0.4) is 0 Å². The lowest BCUT2D eigenvalue weighted by molar-refractivity contribution is -0.138. The Kier molecular flexibility index (Phi) is 5.63. The van der Waals surface area contributed by atoms with E-state index in [1.54, 1.807) is 25.1 Å². The van der Waals surface area contributed by atoms with Gasteiger partial charge in [0.2, 0.25) is 0 Å². The Labute approximate surface area is 111 Å². The molecule has 3 N–H and O–H groups in total. The third-order valence-electron chi connectivity index (χ3n) is 2.07. The van der Waals surface area contributed by atoms with Crippen molar-refractivity contribution in [3.8, 4) is 6.07 Å². The molecular formula is C13H14N4O2. The molecule has 0 fully saturated rings. The largest absolute Gasteiger partial charge is 0.462 e. The van der Waals surface area contributed by atoms with E-state index in [9.17, 15) is 4.79 Å². The molecule has 0 atom stereocenters. The predicted molar refractivity (Wildman–Crippen MR) is 72.0 cm³/mol. The second-order valence-corrected chi connectivity index (χ2v) is 3.33. The topological polar surface area (TPSA) is 100 Å². The van der Waals surface area contributed by atoms with Crippen molar-refractivity contribution >= 4 is 18.0 Å². The number of ether oxygens (including phenoxy) is 1. The third kappa shape index (κ3) is 4.16. The smallest absolute Gasteiger partial charge is 0.352 e. The summed E-state index contributed by atoms with van der Waals surface area (Å²) >= 11 is 0. The van der Waals surface area contributed by atoms with Crippen molar-refractivity contribution in [2.45, 2.75) is 6.92 Å². The van der Waals surface area contributed by atoms with Crippen LogP contribution in [0.1, 0.15) is 6.92 Å². The van der Waals surface area contributed by atoms with Crippen molar-refractivity contribution in [2.24, 2.45) is 10.7 Å². The first-order valence-corrected chi connectivity index (χ1v) is 5.60. The second kappa shape index (κ2) is 7.50. The fourth-order valence-electron chi connectivity index (χ4n) is 1.29. The molecule has 0 bridgehead atoms. The van der Waals surface area contributed by atoms with Gasteiger partial charge in [-0.25, -0.2) is 9.79 Å². The summed E-state index contributed by atoms with van der Waals surface area (Å²) in [7, 11) is 0. The predicted octanol–water partition coefficient (Wildman–Crippen LogP) is 1.38. The molecule has 0 radical (unpaired) electrons. The summed E-state index contributed by atoms with van der Waals surface area (Å²) in [6, 6.07) is 10.8. The summed E-state index contributed by atoms with van der Waals surface area (Å²) in [5.74, 6) is -0.691. The van der Waals surface area contributed by atoms with Crippen LogP contribution in [-0.2, 0) is 9.53 Å². The third-order valence-corrected chi connectivity index (χ3v) is 2.07. The maximum absolute atomic E-state index is 11.6. The molecule has 0 saturated carbocycles. The van der Waals surface area contributed by atoms with E-state index in [4.69, 9.17) is 15.7 Å². The Hall–Kier alpha value is -2.81. The van der Waals surface area contributed by atoms with E-state index < -0.39 is 5.97 Å². The van der Waals surface area contributed by atoms with E-state index in [0.717, 1.165) is 6.34 Å². The number of para-hydroxylation sites is 1. The van der Waals surface area contributed by atoms with Gasteiger partial charge in [-0.15, -0.1) is 0 Å². The number of aliphatic imine (C=N–C) groups is 1. The first-order valence-electron chi connectivity index (χ1n) is 5.60. The molecule has 0 aliphatic rings. The Bertz CT molecular complexity index is 529. The highest BCUT2D eigenvalue weighted by atomic mass is 16.5. The Morgan fingerprint density at radius 1 is 1.53 bits per heavy atom. The number of nitrogens with two attached hydrogens (primary N) is 1. The van der Waals surface area contributed by atoms with Crippen LogP contribution >= 0.6 is 0 Å². The van der Waals surface area contributed by atoms with Gasteiger partial charge in [0.15, 0.2) is 11.4 Å². The molecular weight excluding hydrogens is 244 g/mol. The number of rotatable bonds is 5. The fourth-order valence-corrected chi connectivity index (χ4v) is 1.29. The summed E-state index contributed by atoms with van der Waals surface area (Å²) in [5, 5.41) is 11.9. The molecule has 0 saturated heterocycles. The number of esters is 1. The molecule has 0 heterocycles. The van der Waals surface area contributed by atoms with Gasteiger partial charge < -0.3 is 15.8 Å². The highest BCUT2D eigenvalue weighted by Crippen LogP contribution is 2.13. The number of hydrogen-bond acceptors (Lipinski definition) is 5. The van der Waals surface area contributed by atoms with Crippen LogP contribution in [0, 0.1) is 11.3 Å². The van der Waals surface area contributed by atoms with Crippen molar-refractivity contribution in [2.75, 3.05) is 11.9 Å². The van der Waals surface area contributed by atoms with Crippen LogP contribution in [0.15, 0.2) is 46.7 Å². The SMILES string of the molecule is CCOC(=O)/C(C#N)=C(\N=C\N)Nc1ccccc1. The molecule has 0 aliphatic carbocycles. The standard InChI is InChI=1S/C13H14N4O2/c1-2-19-13(18)11(8-14)12(16-9-15)17-10-6-4-3-5-7-10/h3-7,9,17H,2H2,1H3,(H2,15,16)/b12-11+. The summed E-state index contributed by atoms with van der Waals surface area (Å²) in [6.07, 6.45) is 1.00. The van der Waals surface area contributed by atoms with Crippen molar-refractivity contribution < 1.29 is 9.53 Å². The quantitative estimate of drug-likeness (QED) is 0.273. The van der Waals surface area contributed by atoms with Crippen LogP contribution in [0.25, 0.3) is 0 Å². The normalized spacial score (nSPS) is 11.6. The van der Waals surface area contributed by atoms with Crippen molar-refractivity contribution in [3.63, 3.8) is 0 Å². The van der Waals surface area contributed by atoms with E-state index in [-0.39, 0.29) is 18.0 Å². The number of nitriles is 1. The molecule has 0 unspecified atom stereocenters. The van der Waals surface area contributed by atoms with Crippen LogP contribution in [0.4, 0.5) is 5.69 Å². The minimum Gasteiger partial charge on any atom is -0.462 e. The molecule has 98 valence electrons. The van der Waals surface area contributed by atoms with Crippen molar-refractivity contribution in [1.82, 2.24) is 0 Å². The van der Waals surface area contributed by atoms with Gasteiger partial charge in [0, 0.05) is 5.69 Å². The number of hydrogen-bond donors (Lipinski definition) is 2. The Morgan fingerprint density at radius 3 is 2.74 bits per heavy atom. The molecule has 0 aromatic heterocycles. The molecule has 6 nitrogen and oxygen atoms in total. The fraction of sp³-hybridized carbons (Fsp3) is 0.154. The highest BCUT2D eigenvalue weighted by Gasteiger charge is 2.16. The Balaban J connectivity index is 3.10. The number of carbonyl (C=O) groups is 1. The van der Waals surface area contributed by atoms with Gasteiger partial charge in [0.25, 0.3) is 0 Å². The molecule has 0 aliphatic heterocycles. The van der Waals surface area contributed by atoms with Crippen LogP contribution in [0.2, 0.25) is 0 Å². The highest BCUT2D eigenvalue weighted by molar-refractivity contribution is 5.94. The molecule has 1 aromatic rings. The summed E-state index contributed by atoms with van der Waals surface area (Å²) in [5.41, 5.74) is 5.67. The minimum absolute atomic E-state index is 0.0506. The van der Waals surface area contributed by atoms with Crippen LogP contribution < -0.4 is 11.1 Å². The van der Waals surface area contributed by atoms with Gasteiger partial charge in [0.05, 0.1) is 12.9 Å². The minimum atomic E-state index is -0.742. The average molecular weight is 258 g/mol. The van der Waals surface area contributed by atoms with Gasteiger partial charge in [-0.2, -0.15) is 5.26 Å².